The summed E-state index contributed by atoms with van der Waals surface area (Å²) >= 11 is 0. The fourth-order valence-corrected chi connectivity index (χ4v) is 4.13. The lowest BCUT2D eigenvalue weighted by molar-refractivity contribution is -0.152. The molecule has 8 nitrogen and oxygen atoms in total. The smallest absolute Gasteiger partial charge is 0.331 e. The summed E-state index contributed by atoms with van der Waals surface area (Å²) in [6.45, 7) is 7.59. The summed E-state index contributed by atoms with van der Waals surface area (Å²) in [7, 11) is 1.37. The molecule has 0 spiro atoms. The molecule has 0 radical (unpaired) electrons. The predicted octanol–water partition coefficient (Wildman–Crippen LogP) is 2.43. The number of esters is 1. The minimum atomic E-state index is -0.918. The van der Waals surface area contributed by atoms with E-state index in [4.69, 9.17) is 4.74 Å². The largest absolute Gasteiger partial charge is 0.467 e. The number of aryl methyl sites for hydroxylation is 3. The van der Waals surface area contributed by atoms with Crippen LogP contribution in [0.5, 0.6) is 0 Å². The number of methoxy groups -OCH3 is 1. The van der Waals surface area contributed by atoms with E-state index in [0.29, 0.717) is 18.8 Å². The zero-order valence-electron chi connectivity index (χ0n) is 17.8. The van der Waals surface area contributed by atoms with E-state index in [1.54, 1.807) is 4.68 Å². The number of ether oxygens (including phenoxy) is 1. The van der Waals surface area contributed by atoms with Crippen molar-refractivity contribution in [2.24, 2.45) is 0 Å². The van der Waals surface area contributed by atoms with Gasteiger partial charge in [0.2, 0.25) is 5.91 Å². The number of rotatable bonds is 5. The SMILES string of the molecule is COC(=O)C1(NC(=O)Cc2c(C)nn(-c3nc(C)cc(C)n3)c2C)CCCCC1. The first-order valence-corrected chi connectivity index (χ1v) is 10.0. The van der Waals surface area contributed by atoms with Gasteiger partial charge in [-0.25, -0.2) is 19.4 Å². The summed E-state index contributed by atoms with van der Waals surface area (Å²) < 4.78 is 6.66. The molecule has 1 aliphatic carbocycles. The number of amides is 1. The van der Waals surface area contributed by atoms with Gasteiger partial charge < -0.3 is 10.1 Å². The van der Waals surface area contributed by atoms with Crippen molar-refractivity contribution >= 4 is 11.9 Å². The molecule has 1 amide bonds. The second-order valence-corrected chi connectivity index (χ2v) is 7.87. The van der Waals surface area contributed by atoms with Gasteiger partial charge in [-0.3, -0.25) is 4.79 Å². The van der Waals surface area contributed by atoms with Crippen LogP contribution >= 0.6 is 0 Å². The monoisotopic (exact) mass is 399 g/mol. The summed E-state index contributed by atoms with van der Waals surface area (Å²) in [6, 6.07) is 1.90. The fraction of sp³-hybridized carbons (Fsp3) is 0.571. The van der Waals surface area contributed by atoms with E-state index < -0.39 is 5.54 Å². The molecule has 0 bridgehead atoms. The molecule has 2 heterocycles. The van der Waals surface area contributed by atoms with E-state index in [2.05, 4.69) is 20.4 Å². The summed E-state index contributed by atoms with van der Waals surface area (Å²) in [6.07, 6.45) is 4.22. The highest BCUT2D eigenvalue weighted by molar-refractivity contribution is 5.89. The molecule has 0 atom stereocenters. The van der Waals surface area contributed by atoms with Gasteiger partial charge in [0.05, 0.1) is 19.2 Å². The Morgan fingerprint density at radius 2 is 1.72 bits per heavy atom. The number of aromatic nitrogens is 4. The molecule has 156 valence electrons. The van der Waals surface area contributed by atoms with Gasteiger partial charge >= 0.3 is 5.97 Å². The van der Waals surface area contributed by atoms with Crippen molar-refractivity contribution in [2.75, 3.05) is 7.11 Å². The molecule has 8 heteroatoms. The van der Waals surface area contributed by atoms with Crippen LogP contribution in [0.1, 0.15) is 60.4 Å². The second kappa shape index (κ2) is 8.31. The minimum absolute atomic E-state index is 0.140. The molecular weight excluding hydrogens is 370 g/mol. The summed E-state index contributed by atoms with van der Waals surface area (Å²) in [5, 5.41) is 7.52. The van der Waals surface area contributed by atoms with Gasteiger partial charge in [-0.15, -0.1) is 0 Å². The molecule has 0 aromatic carbocycles. The average Bonchev–Trinajstić information content (AvgIpc) is 2.95. The molecule has 2 aromatic rings. The van der Waals surface area contributed by atoms with E-state index in [-0.39, 0.29) is 18.3 Å². The third-order valence-corrected chi connectivity index (χ3v) is 5.60. The number of hydrogen-bond acceptors (Lipinski definition) is 6. The van der Waals surface area contributed by atoms with Crippen molar-refractivity contribution in [3.63, 3.8) is 0 Å². The number of carbonyl (C=O) groups excluding carboxylic acids is 2. The first-order valence-electron chi connectivity index (χ1n) is 10.0. The average molecular weight is 399 g/mol. The maximum atomic E-state index is 12.9. The van der Waals surface area contributed by atoms with Crippen molar-refractivity contribution in [3.05, 3.63) is 34.4 Å². The van der Waals surface area contributed by atoms with Gasteiger partial charge in [0, 0.05) is 22.6 Å². The topological polar surface area (TPSA) is 99.0 Å². The van der Waals surface area contributed by atoms with Crippen LogP contribution in [0.4, 0.5) is 0 Å². The number of carbonyl (C=O) groups is 2. The zero-order chi connectivity index (χ0) is 21.2. The predicted molar refractivity (Wildman–Crippen MR) is 108 cm³/mol. The summed E-state index contributed by atoms with van der Waals surface area (Å²) in [4.78, 5) is 34.2. The summed E-state index contributed by atoms with van der Waals surface area (Å²) in [5.74, 6) is -0.0733. The van der Waals surface area contributed by atoms with Gasteiger partial charge in [-0.05, 0) is 46.6 Å². The highest BCUT2D eigenvalue weighted by Crippen LogP contribution is 2.29. The summed E-state index contributed by atoms with van der Waals surface area (Å²) in [5.41, 5.74) is 3.18. The van der Waals surface area contributed by atoms with E-state index in [0.717, 1.165) is 47.6 Å². The van der Waals surface area contributed by atoms with Crippen molar-refractivity contribution < 1.29 is 14.3 Å². The number of nitrogens with zero attached hydrogens (tertiary/aromatic N) is 4. The van der Waals surface area contributed by atoms with Gasteiger partial charge in [0.1, 0.15) is 5.54 Å². The van der Waals surface area contributed by atoms with Crippen molar-refractivity contribution in [2.45, 2.75) is 71.8 Å². The van der Waals surface area contributed by atoms with Gasteiger partial charge in [-0.1, -0.05) is 19.3 Å². The zero-order valence-corrected chi connectivity index (χ0v) is 17.8. The third-order valence-electron chi connectivity index (χ3n) is 5.60. The molecule has 1 N–H and O–H groups in total. The molecule has 1 aliphatic rings. The molecule has 0 saturated heterocycles. The van der Waals surface area contributed by atoms with Crippen LogP contribution in [0, 0.1) is 27.7 Å². The Labute approximate surface area is 171 Å². The number of nitrogens with one attached hydrogen (secondary N) is 1. The lowest BCUT2D eigenvalue weighted by atomic mass is 9.81. The van der Waals surface area contributed by atoms with Crippen molar-refractivity contribution in [1.82, 2.24) is 25.1 Å². The Kier molecular flexibility index (Phi) is 6.00. The van der Waals surface area contributed by atoms with Gasteiger partial charge in [0.25, 0.3) is 5.95 Å². The van der Waals surface area contributed by atoms with E-state index in [9.17, 15) is 9.59 Å². The lowest BCUT2D eigenvalue weighted by Crippen LogP contribution is -2.56. The number of hydrogen-bond donors (Lipinski definition) is 1. The molecule has 1 fully saturated rings. The minimum Gasteiger partial charge on any atom is -0.467 e. The molecule has 3 rings (SSSR count). The molecule has 29 heavy (non-hydrogen) atoms. The molecule has 0 unspecified atom stereocenters. The van der Waals surface area contributed by atoms with E-state index in [1.165, 1.54) is 7.11 Å². The quantitative estimate of drug-likeness (QED) is 0.776. The van der Waals surface area contributed by atoms with Crippen LogP contribution in [0.3, 0.4) is 0 Å². The molecule has 0 aliphatic heterocycles. The Hall–Kier alpha value is -2.77. The Morgan fingerprint density at radius 1 is 1.10 bits per heavy atom. The van der Waals surface area contributed by atoms with Crippen LogP contribution in [0.15, 0.2) is 6.07 Å². The first-order chi connectivity index (χ1) is 13.8. The van der Waals surface area contributed by atoms with Crippen LogP contribution in [0.25, 0.3) is 5.95 Å². The van der Waals surface area contributed by atoms with Crippen LogP contribution < -0.4 is 5.32 Å². The Morgan fingerprint density at radius 3 is 2.31 bits per heavy atom. The normalized spacial score (nSPS) is 15.8. The van der Waals surface area contributed by atoms with Crippen LogP contribution in [-0.2, 0) is 20.7 Å². The molecule has 1 saturated carbocycles. The van der Waals surface area contributed by atoms with Crippen molar-refractivity contribution in [1.29, 1.82) is 0 Å². The van der Waals surface area contributed by atoms with Crippen LogP contribution in [-0.4, -0.2) is 44.3 Å². The first kappa shape index (κ1) is 21.0. The van der Waals surface area contributed by atoms with Crippen LogP contribution in [0.2, 0.25) is 0 Å². The van der Waals surface area contributed by atoms with Gasteiger partial charge in [-0.2, -0.15) is 5.10 Å². The lowest BCUT2D eigenvalue weighted by Gasteiger charge is -2.35. The van der Waals surface area contributed by atoms with Crippen molar-refractivity contribution in [3.8, 4) is 5.95 Å². The Bertz CT molecular complexity index is 908. The van der Waals surface area contributed by atoms with E-state index >= 15 is 0 Å². The Balaban J connectivity index is 1.84. The molecule has 2 aromatic heterocycles. The maximum Gasteiger partial charge on any atom is 0.331 e. The molecular formula is C21H29N5O3. The van der Waals surface area contributed by atoms with Gasteiger partial charge in [0.15, 0.2) is 0 Å². The fourth-order valence-electron chi connectivity index (χ4n) is 4.13. The maximum absolute atomic E-state index is 12.9. The highest BCUT2D eigenvalue weighted by atomic mass is 16.5. The van der Waals surface area contributed by atoms with E-state index in [1.807, 2.05) is 33.8 Å². The third kappa shape index (κ3) is 4.31. The second-order valence-electron chi connectivity index (χ2n) is 7.87. The standard InChI is InChI=1S/C21H29N5O3/c1-13-11-14(2)23-20(22-13)26-16(4)17(15(3)25-26)12-18(27)24-21(19(28)29-5)9-7-6-8-10-21/h11H,6-10,12H2,1-5H3,(H,24,27). The highest BCUT2D eigenvalue weighted by Gasteiger charge is 2.42.